The van der Waals surface area contributed by atoms with Crippen LogP contribution in [-0.2, 0) is 40.3 Å². The van der Waals surface area contributed by atoms with Gasteiger partial charge >= 0.3 is 0 Å². The minimum atomic E-state index is -0.360. The zero-order valence-electron chi connectivity index (χ0n) is 39.1. The van der Waals surface area contributed by atoms with E-state index >= 15 is 0 Å². The lowest BCUT2D eigenvalue weighted by Crippen LogP contribution is -2.37. The van der Waals surface area contributed by atoms with Crippen LogP contribution in [0.5, 0.6) is 23.0 Å². The molecule has 0 bridgehead atoms. The molecule has 0 N–H and O–H groups in total. The lowest BCUT2D eigenvalue weighted by molar-refractivity contribution is 0.0264. The number of para-hydroxylation sites is 2. The number of carbonyl (C=O) groups is 2. The number of nitrogens with zero attached hydrogens (tertiary/aromatic N) is 5. The SMILES string of the molecule is COCCOCCOCCN(CC(C)(C)S)c1cc(COc2cc3c(cc2OC)C(=O)N2c4ccccc4CC2C=N3)cc(COc2cc3c(cc2OC)C(=O)N2c4ccccc4CC2C=N3)c1. The number of thiol groups is 1. The fourth-order valence-corrected chi connectivity index (χ4v) is 9.37. The standard InChI is InChI=1S/C53H57N5O9S/c1-53(2,68)33-56(14-15-64-18-19-65-17-16-61-3)38-21-34(31-66-49-27-43-41(25-47(49)62-4)51(59)57-39(29-54-43)23-36-10-6-8-12-45(36)57)20-35(22-38)32-67-50-28-44-42(26-48(50)63-5)52(60)58-40(30-55-44)24-37-11-7-9-13-46(37)58/h6-13,20-22,25-30,39-40,68H,14-19,23-24,31-33H2,1-5H3. The Morgan fingerprint density at radius 2 is 1.12 bits per heavy atom. The third kappa shape index (κ3) is 10.1. The summed E-state index contributed by atoms with van der Waals surface area (Å²) in [4.78, 5) is 43.7. The maximum absolute atomic E-state index is 14.1. The van der Waals surface area contributed by atoms with Gasteiger partial charge in [0.2, 0.25) is 0 Å². The van der Waals surface area contributed by atoms with Crippen LogP contribution >= 0.6 is 12.6 Å². The lowest BCUT2D eigenvalue weighted by Gasteiger charge is -2.32. The summed E-state index contributed by atoms with van der Waals surface area (Å²) in [6.45, 7) is 8.05. The second-order valence-electron chi connectivity index (χ2n) is 17.8. The van der Waals surface area contributed by atoms with E-state index in [1.54, 1.807) is 45.6 Å². The second-order valence-corrected chi connectivity index (χ2v) is 19.0. The Morgan fingerprint density at radius 3 is 1.60 bits per heavy atom. The van der Waals surface area contributed by atoms with Gasteiger partial charge in [-0.25, -0.2) is 0 Å². The van der Waals surface area contributed by atoms with Gasteiger partial charge < -0.3 is 38.1 Å². The van der Waals surface area contributed by atoms with E-state index in [1.165, 1.54) is 0 Å². The van der Waals surface area contributed by atoms with E-state index in [4.69, 9.17) is 55.8 Å². The largest absolute Gasteiger partial charge is 0.493 e. The third-order valence-corrected chi connectivity index (χ3v) is 12.5. The summed E-state index contributed by atoms with van der Waals surface area (Å²) in [6, 6.07) is 28.8. The van der Waals surface area contributed by atoms with Crippen LogP contribution in [-0.4, -0.2) is 109 Å². The average Bonchev–Trinajstić information content (AvgIpc) is 3.83. The Kier molecular flexibility index (Phi) is 14.1. The van der Waals surface area contributed by atoms with Crippen molar-refractivity contribution in [2.24, 2.45) is 9.98 Å². The van der Waals surface area contributed by atoms with Crippen molar-refractivity contribution in [2.45, 2.75) is 56.7 Å². The molecule has 2 unspecified atom stereocenters. The summed E-state index contributed by atoms with van der Waals surface area (Å²) < 4.78 is 41.2. The van der Waals surface area contributed by atoms with E-state index in [0.717, 1.165) is 39.3 Å². The number of rotatable bonds is 20. The van der Waals surface area contributed by atoms with Gasteiger partial charge in [0.25, 0.3) is 11.8 Å². The van der Waals surface area contributed by atoms with Gasteiger partial charge in [0.05, 0.1) is 81.8 Å². The fraction of sp³-hybridized carbons (Fsp3) is 0.358. The van der Waals surface area contributed by atoms with Gasteiger partial charge in [-0.15, -0.1) is 0 Å². The molecule has 2 amide bonds. The van der Waals surface area contributed by atoms with E-state index in [2.05, 4.69) is 43.0 Å². The van der Waals surface area contributed by atoms with E-state index in [1.807, 2.05) is 64.7 Å². The molecule has 0 aliphatic carbocycles. The summed E-state index contributed by atoms with van der Waals surface area (Å²) in [5.41, 5.74) is 8.54. The van der Waals surface area contributed by atoms with Gasteiger partial charge in [0, 0.05) is 79.4 Å². The number of hydrogen-bond donors (Lipinski definition) is 1. The number of amides is 2. The summed E-state index contributed by atoms with van der Waals surface area (Å²) in [5, 5.41) is 0. The molecule has 15 heteroatoms. The number of fused-ring (bicyclic) bond motifs is 8. The molecule has 0 saturated heterocycles. The van der Waals surface area contributed by atoms with E-state index < -0.39 is 0 Å². The molecule has 68 heavy (non-hydrogen) atoms. The van der Waals surface area contributed by atoms with Crippen LogP contribution in [0.25, 0.3) is 0 Å². The Hall–Kier alpha value is -6.39. The number of hydrogen-bond acceptors (Lipinski definition) is 13. The van der Waals surface area contributed by atoms with Crippen LogP contribution < -0.4 is 33.6 Å². The number of carbonyl (C=O) groups excluding carboxylic acids is 2. The highest BCUT2D eigenvalue weighted by Crippen LogP contribution is 2.43. The van der Waals surface area contributed by atoms with Crippen molar-refractivity contribution in [1.29, 1.82) is 0 Å². The molecule has 0 saturated carbocycles. The molecule has 0 aromatic heterocycles. The van der Waals surface area contributed by atoms with Crippen LogP contribution in [0.2, 0.25) is 0 Å². The molecule has 4 heterocycles. The van der Waals surface area contributed by atoms with Crippen molar-refractivity contribution in [1.82, 2.24) is 0 Å². The van der Waals surface area contributed by atoms with Crippen LogP contribution in [0, 0.1) is 0 Å². The number of benzene rings is 5. The molecule has 4 aliphatic rings. The van der Waals surface area contributed by atoms with Gasteiger partial charge in [-0.3, -0.25) is 29.4 Å². The van der Waals surface area contributed by atoms with Gasteiger partial charge in [-0.1, -0.05) is 36.4 Å². The maximum Gasteiger partial charge on any atom is 0.261 e. The minimum Gasteiger partial charge on any atom is -0.493 e. The smallest absolute Gasteiger partial charge is 0.261 e. The number of aliphatic imine (C=N–C) groups is 2. The number of anilines is 3. The van der Waals surface area contributed by atoms with Crippen molar-refractivity contribution < 1.29 is 42.7 Å². The molecule has 5 aromatic carbocycles. The molecule has 0 spiro atoms. The van der Waals surface area contributed by atoms with E-state index in [-0.39, 0.29) is 41.9 Å². The van der Waals surface area contributed by atoms with E-state index in [0.29, 0.717) is 104 Å². The summed E-state index contributed by atoms with van der Waals surface area (Å²) >= 11 is 4.94. The monoisotopic (exact) mass is 939 g/mol. The van der Waals surface area contributed by atoms with Gasteiger partial charge in [0.1, 0.15) is 13.2 Å². The first-order valence-corrected chi connectivity index (χ1v) is 23.3. The highest BCUT2D eigenvalue weighted by atomic mass is 32.1. The lowest BCUT2D eigenvalue weighted by atomic mass is 10.1. The second kappa shape index (κ2) is 20.5. The number of methoxy groups -OCH3 is 3. The molecule has 2 atom stereocenters. The van der Waals surface area contributed by atoms with Gasteiger partial charge in [0.15, 0.2) is 23.0 Å². The predicted octanol–water partition coefficient (Wildman–Crippen LogP) is 8.63. The summed E-state index contributed by atoms with van der Waals surface area (Å²) in [6.07, 6.45) is 5.08. The molecule has 9 rings (SSSR count). The Balaban J connectivity index is 0.990. The Morgan fingerprint density at radius 1 is 0.632 bits per heavy atom. The average molecular weight is 940 g/mol. The predicted molar refractivity (Wildman–Crippen MR) is 268 cm³/mol. The highest BCUT2D eigenvalue weighted by molar-refractivity contribution is 7.81. The van der Waals surface area contributed by atoms with Crippen LogP contribution in [0.1, 0.15) is 56.8 Å². The summed E-state index contributed by atoms with van der Waals surface area (Å²) in [5.74, 6) is 1.46. The first kappa shape index (κ1) is 46.7. The molecule has 4 aliphatic heterocycles. The van der Waals surface area contributed by atoms with Crippen LogP contribution in [0.4, 0.5) is 28.4 Å². The van der Waals surface area contributed by atoms with Crippen molar-refractivity contribution >= 4 is 65.3 Å². The normalized spacial score (nSPS) is 16.6. The zero-order chi connectivity index (χ0) is 47.4. The van der Waals surface area contributed by atoms with Crippen LogP contribution in [0.15, 0.2) is 101 Å². The molecule has 0 fully saturated rings. The summed E-state index contributed by atoms with van der Waals surface area (Å²) in [7, 11) is 4.77. The molecular weight excluding hydrogens is 883 g/mol. The van der Waals surface area contributed by atoms with Gasteiger partial charge in [-0.2, -0.15) is 12.6 Å². The van der Waals surface area contributed by atoms with Crippen molar-refractivity contribution in [3.05, 3.63) is 124 Å². The fourth-order valence-electron chi connectivity index (χ4n) is 9.20. The first-order valence-electron chi connectivity index (χ1n) is 22.9. The van der Waals surface area contributed by atoms with Crippen LogP contribution in [0.3, 0.4) is 0 Å². The molecule has 354 valence electrons. The number of ether oxygens (including phenoxy) is 7. The molecule has 0 radical (unpaired) electrons. The first-order chi connectivity index (χ1) is 33.0. The third-order valence-electron chi connectivity index (χ3n) is 12.3. The molecular formula is C53H57N5O9S. The van der Waals surface area contributed by atoms with E-state index in [9.17, 15) is 9.59 Å². The Bertz CT molecular complexity index is 2580. The topological polar surface area (TPSA) is 133 Å². The quantitative estimate of drug-likeness (QED) is 0.0598. The molecule has 5 aromatic rings. The zero-order valence-corrected chi connectivity index (χ0v) is 40.0. The van der Waals surface area contributed by atoms with Crippen molar-refractivity contribution in [2.75, 3.05) is 82.2 Å². The molecule has 14 nitrogen and oxygen atoms in total. The van der Waals surface area contributed by atoms with Crippen molar-refractivity contribution in [3.8, 4) is 23.0 Å². The highest BCUT2D eigenvalue weighted by Gasteiger charge is 2.38. The van der Waals surface area contributed by atoms with Crippen molar-refractivity contribution in [3.63, 3.8) is 0 Å². The van der Waals surface area contributed by atoms with Gasteiger partial charge in [-0.05, 0) is 78.6 Å². The maximum atomic E-state index is 14.1. The Labute approximate surface area is 402 Å². The minimum absolute atomic E-state index is 0.139.